The van der Waals surface area contributed by atoms with Gasteiger partial charge in [-0.15, -0.1) is 0 Å². The Balaban J connectivity index is 2.13. The molecule has 1 amide bonds. The van der Waals surface area contributed by atoms with Gasteiger partial charge in [0.25, 0.3) is 14.4 Å². The number of hydrogen-bond donors (Lipinski definition) is 1. The van der Waals surface area contributed by atoms with E-state index in [1.54, 1.807) is 14.2 Å². The number of carbonyl (C=O) groups excluding carboxylic acids is 1. The zero-order valence-electron chi connectivity index (χ0n) is 36.7. The Morgan fingerprint density at radius 2 is 1.30 bits per heavy atom. The quantitative estimate of drug-likeness (QED) is 0.0402. The third-order valence-electron chi connectivity index (χ3n) is 9.86. The second-order valence-electron chi connectivity index (χ2n) is 17.0. The molecular weight excluding hydrogens is 737 g/mol. The van der Waals surface area contributed by atoms with Crippen molar-refractivity contribution in [2.75, 3.05) is 82.9 Å². The molecule has 11 nitrogen and oxygen atoms in total. The van der Waals surface area contributed by atoms with E-state index < -0.39 is 20.2 Å². The maximum absolute atomic E-state index is 14.5. The largest absolute Gasteiger partial charge is 0.497 e. The summed E-state index contributed by atoms with van der Waals surface area (Å²) in [5, 5.41) is 12.7. The zero-order chi connectivity index (χ0) is 42.2. The minimum atomic E-state index is -1.57. The summed E-state index contributed by atoms with van der Waals surface area (Å²) in [5.74, 6) is 1.40. The van der Waals surface area contributed by atoms with Crippen molar-refractivity contribution in [3.8, 4) is 17.6 Å². The van der Waals surface area contributed by atoms with Crippen molar-refractivity contribution in [1.29, 1.82) is 5.26 Å². The predicted molar refractivity (Wildman–Crippen MR) is 230 cm³/mol. The molecule has 57 heavy (non-hydrogen) atoms. The number of quaternary nitrogens is 2. The third-order valence-corrected chi connectivity index (χ3v) is 11.9. The Hall–Kier alpha value is -3.59. The van der Waals surface area contributed by atoms with Crippen LogP contribution in [0.25, 0.3) is 0 Å². The van der Waals surface area contributed by atoms with Crippen molar-refractivity contribution >= 4 is 14.4 Å². The number of likely N-dealkylation sites (N-methyl/N-ethyl adjacent to an activating group) is 1. The predicted octanol–water partition coefficient (Wildman–Crippen LogP) is 7.74. The van der Waals surface area contributed by atoms with Gasteiger partial charge in [0.05, 0.1) is 101 Å². The van der Waals surface area contributed by atoms with Crippen molar-refractivity contribution in [2.45, 2.75) is 83.1 Å². The summed E-state index contributed by atoms with van der Waals surface area (Å²) in [6, 6.07) is 27.5. The molecule has 3 rings (SSSR count). The van der Waals surface area contributed by atoms with Gasteiger partial charge in [-0.2, -0.15) is 5.26 Å². The van der Waals surface area contributed by atoms with E-state index in [0.717, 1.165) is 58.5 Å². The van der Waals surface area contributed by atoms with Gasteiger partial charge >= 0.3 is 0 Å². The lowest BCUT2D eigenvalue weighted by atomic mass is 9.80. The van der Waals surface area contributed by atoms with Crippen molar-refractivity contribution in [2.24, 2.45) is 0 Å². The highest BCUT2D eigenvalue weighted by atomic mass is 31.2. The number of amides is 1. The van der Waals surface area contributed by atoms with Crippen LogP contribution in [0.15, 0.2) is 78.9 Å². The Morgan fingerprint density at radius 3 is 1.75 bits per heavy atom. The number of rotatable bonds is 25. The number of benzene rings is 3. The molecular formula is C45H70N5O6P+2. The van der Waals surface area contributed by atoms with Crippen LogP contribution in [-0.4, -0.2) is 127 Å². The van der Waals surface area contributed by atoms with Gasteiger partial charge in [0.1, 0.15) is 17.1 Å². The van der Waals surface area contributed by atoms with Crippen molar-refractivity contribution in [3.05, 3.63) is 95.6 Å². The van der Waals surface area contributed by atoms with E-state index in [2.05, 4.69) is 98.2 Å². The van der Waals surface area contributed by atoms with Crippen LogP contribution in [0.3, 0.4) is 0 Å². The third kappa shape index (κ3) is 14.3. The SMILES string of the molecule is COc1ccc(C(OCC(COP(OCCC#N)N(C(C)C)C(C)C)NC(=O)C(CCCC[N+](C)(C)C)[N+](C)(C)C)(c2ccccc2)c2ccc(OC)cc2)cc1. The van der Waals surface area contributed by atoms with E-state index in [1.165, 1.54) is 0 Å². The van der Waals surface area contributed by atoms with E-state index in [4.69, 9.17) is 23.3 Å². The van der Waals surface area contributed by atoms with Crippen LogP contribution in [0, 0.1) is 11.3 Å². The van der Waals surface area contributed by atoms with E-state index in [-0.39, 0.29) is 50.3 Å². The van der Waals surface area contributed by atoms with Crippen molar-refractivity contribution in [3.63, 3.8) is 0 Å². The van der Waals surface area contributed by atoms with Crippen LogP contribution in [0.5, 0.6) is 11.5 Å². The molecule has 0 saturated carbocycles. The van der Waals surface area contributed by atoms with Gasteiger partial charge in [0.2, 0.25) is 0 Å². The monoisotopic (exact) mass is 808 g/mol. The fourth-order valence-corrected chi connectivity index (χ4v) is 8.64. The Labute approximate surface area is 344 Å². The maximum Gasteiger partial charge on any atom is 0.278 e. The first-order chi connectivity index (χ1) is 27.0. The molecule has 0 saturated heterocycles. The van der Waals surface area contributed by atoms with Crippen LogP contribution in [0.1, 0.15) is 70.1 Å². The number of nitriles is 1. The van der Waals surface area contributed by atoms with Crippen LogP contribution in [-0.2, 0) is 24.2 Å². The molecule has 0 fully saturated rings. The van der Waals surface area contributed by atoms with Gasteiger partial charge in [-0.05, 0) is 81.5 Å². The molecule has 0 aliphatic rings. The average molecular weight is 808 g/mol. The smallest absolute Gasteiger partial charge is 0.278 e. The number of ether oxygens (including phenoxy) is 3. The van der Waals surface area contributed by atoms with Gasteiger partial charge in [0, 0.05) is 18.5 Å². The van der Waals surface area contributed by atoms with E-state index in [0.29, 0.717) is 4.48 Å². The van der Waals surface area contributed by atoms with Gasteiger partial charge in [-0.3, -0.25) is 4.79 Å². The highest BCUT2D eigenvalue weighted by Crippen LogP contribution is 2.46. The topological polar surface area (TPSA) is 102 Å². The molecule has 12 heteroatoms. The average Bonchev–Trinajstić information content (AvgIpc) is 3.16. The number of nitrogens with one attached hydrogen (secondary N) is 1. The summed E-state index contributed by atoms with van der Waals surface area (Å²) < 4.78 is 35.0. The van der Waals surface area contributed by atoms with Crippen molar-refractivity contribution in [1.82, 2.24) is 9.99 Å². The highest BCUT2D eigenvalue weighted by Gasteiger charge is 2.40. The molecule has 0 aromatic heterocycles. The Kier molecular flexibility index (Phi) is 18.9. The Bertz CT molecular complexity index is 1600. The molecule has 0 bridgehead atoms. The zero-order valence-corrected chi connectivity index (χ0v) is 37.6. The molecule has 3 aromatic rings. The van der Waals surface area contributed by atoms with Crippen LogP contribution in [0.2, 0.25) is 0 Å². The standard InChI is InChI=1S/C45H69N5O6P/c1-35(2)48(36(3)4)57(55-32-18-30-46)56-34-40(47-44(51)43(50(8,9)10)21-16-17-31-49(5,6)7)33-54-45(37-19-14-13-15-20-37,38-22-26-41(52-11)27-23-38)39-24-28-42(53-12)29-25-39/h13-15,19-20,22-29,35-36,40,43H,16-18,21,31-34H2,1-12H3/q+1/p+1. The molecule has 3 atom stereocenters. The van der Waals surface area contributed by atoms with Crippen molar-refractivity contribution < 1.29 is 37.0 Å². The first-order valence-corrected chi connectivity index (χ1v) is 21.2. The number of carbonyl (C=O) groups is 1. The molecule has 0 heterocycles. The number of nitrogens with zero attached hydrogens (tertiary/aromatic N) is 4. The molecule has 0 radical (unpaired) electrons. The molecule has 1 N–H and O–H groups in total. The summed E-state index contributed by atoms with van der Waals surface area (Å²) >= 11 is 0. The molecule has 0 aliphatic carbocycles. The summed E-state index contributed by atoms with van der Waals surface area (Å²) in [6.45, 7) is 9.94. The highest BCUT2D eigenvalue weighted by molar-refractivity contribution is 7.44. The fraction of sp³-hybridized carbons (Fsp3) is 0.556. The number of methoxy groups -OCH3 is 2. The van der Waals surface area contributed by atoms with E-state index in [9.17, 15) is 10.1 Å². The molecule has 3 unspecified atom stereocenters. The van der Waals surface area contributed by atoms with Gasteiger partial charge in [-0.25, -0.2) is 4.67 Å². The first-order valence-electron chi connectivity index (χ1n) is 20.1. The van der Waals surface area contributed by atoms with Gasteiger partial charge in [0.15, 0.2) is 6.04 Å². The van der Waals surface area contributed by atoms with Gasteiger partial charge < -0.3 is 37.5 Å². The minimum Gasteiger partial charge on any atom is -0.497 e. The maximum atomic E-state index is 14.5. The second-order valence-corrected chi connectivity index (χ2v) is 18.5. The number of unbranched alkanes of at least 4 members (excludes halogenated alkanes) is 1. The first kappa shape index (κ1) is 47.8. The molecule has 0 aliphatic heterocycles. The van der Waals surface area contributed by atoms with Crippen LogP contribution in [0.4, 0.5) is 0 Å². The van der Waals surface area contributed by atoms with Crippen LogP contribution >= 0.6 is 8.53 Å². The lowest BCUT2D eigenvalue weighted by molar-refractivity contribution is -0.887. The fourth-order valence-electron chi connectivity index (χ4n) is 6.99. The Morgan fingerprint density at radius 1 is 0.772 bits per heavy atom. The summed E-state index contributed by atoms with van der Waals surface area (Å²) in [5.41, 5.74) is 1.60. The summed E-state index contributed by atoms with van der Waals surface area (Å²) in [4.78, 5) is 14.5. The second kappa shape index (κ2) is 22.5. The van der Waals surface area contributed by atoms with Crippen LogP contribution < -0.4 is 14.8 Å². The molecule has 0 spiro atoms. The lowest BCUT2D eigenvalue weighted by Crippen LogP contribution is -2.57. The normalized spacial score (nSPS) is 14.0. The van der Waals surface area contributed by atoms with Gasteiger partial charge in [-0.1, -0.05) is 54.6 Å². The summed E-state index contributed by atoms with van der Waals surface area (Å²) in [7, 11) is 14.5. The van der Waals surface area contributed by atoms with E-state index in [1.807, 2.05) is 66.7 Å². The number of hydrogen-bond acceptors (Lipinski definition) is 8. The molecule has 314 valence electrons. The lowest BCUT2D eigenvalue weighted by Gasteiger charge is -2.39. The van der Waals surface area contributed by atoms with E-state index >= 15 is 0 Å². The molecule has 3 aromatic carbocycles. The minimum absolute atomic E-state index is 0.0524. The summed E-state index contributed by atoms with van der Waals surface area (Å²) in [6.07, 6.45) is 2.95.